The molecule has 0 saturated heterocycles. The molecule has 1 aliphatic heterocycles. The number of hydrogen-bond acceptors (Lipinski definition) is 4. The van der Waals surface area contributed by atoms with Crippen molar-refractivity contribution in [2.24, 2.45) is 0 Å². The van der Waals surface area contributed by atoms with Gasteiger partial charge in [-0.2, -0.15) is 13.2 Å². The number of para-hydroxylation sites is 1. The van der Waals surface area contributed by atoms with E-state index < -0.39 is 11.7 Å². The van der Waals surface area contributed by atoms with Gasteiger partial charge in [0.15, 0.2) is 10.8 Å². The van der Waals surface area contributed by atoms with Crippen LogP contribution in [0.4, 0.5) is 18.9 Å². The minimum Gasteiger partial charge on any atom is -0.311 e. The largest absolute Gasteiger partial charge is 0.417 e. The first-order valence-corrected chi connectivity index (χ1v) is 8.85. The molecular formula is C17H13F3N4OS. The predicted octanol–water partition coefficient (Wildman–Crippen LogP) is 3.43. The minimum absolute atomic E-state index is 0.0748. The van der Waals surface area contributed by atoms with Crippen molar-refractivity contribution in [1.82, 2.24) is 14.6 Å². The molecule has 0 fully saturated rings. The third-order valence-corrected chi connectivity index (χ3v) is 5.14. The lowest BCUT2D eigenvalue weighted by Gasteiger charge is -2.16. The highest BCUT2D eigenvalue weighted by atomic mass is 32.2. The quantitative estimate of drug-likeness (QED) is 0.656. The number of amides is 1. The summed E-state index contributed by atoms with van der Waals surface area (Å²) in [4.78, 5) is 14.2. The number of anilines is 1. The summed E-state index contributed by atoms with van der Waals surface area (Å²) in [5, 5.41) is 8.01. The number of thioether (sulfide) groups is 1. The van der Waals surface area contributed by atoms with E-state index in [1.54, 1.807) is 4.90 Å². The number of alkyl halides is 3. The second kappa shape index (κ2) is 6.31. The van der Waals surface area contributed by atoms with Gasteiger partial charge in [0.05, 0.1) is 11.3 Å². The number of fused-ring (bicyclic) bond motifs is 2. The van der Waals surface area contributed by atoms with E-state index in [1.807, 2.05) is 24.3 Å². The van der Waals surface area contributed by atoms with Crippen LogP contribution in [0.5, 0.6) is 0 Å². The molecule has 2 aromatic heterocycles. The van der Waals surface area contributed by atoms with Crippen molar-refractivity contribution in [2.45, 2.75) is 17.8 Å². The molecular weight excluding hydrogens is 365 g/mol. The summed E-state index contributed by atoms with van der Waals surface area (Å²) in [6.07, 6.45) is -2.70. The number of carbonyl (C=O) groups excluding carboxylic acids is 1. The molecule has 0 aliphatic carbocycles. The molecule has 4 rings (SSSR count). The third kappa shape index (κ3) is 3.03. The predicted molar refractivity (Wildman–Crippen MR) is 91.2 cm³/mol. The Labute approximate surface area is 150 Å². The summed E-state index contributed by atoms with van der Waals surface area (Å²) < 4.78 is 39.9. The molecule has 3 heterocycles. The Balaban J connectivity index is 1.52. The molecule has 26 heavy (non-hydrogen) atoms. The van der Waals surface area contributed by atoms with Crippen LogP contribution in [-0.2, 0) is 17.4 Å². The normalized spacial score (nSPS) is 14.0. The number of nitrogens with zero attached hydrogens (tertiary/aromatic N) is 4. The van der Waals surface area contributed by atoms with E-state index in [9.17, 15) is 18.0 Å². The van der Waals surface area contributed by atoms with Crippen molar-refractivity contribution < 1.29 is 18.0 Å². The molecule has 0 saturated carbocycles. The Kier molecular flexibility index (Phi) is 4.10. The molecule has 3 aromatic rings. The zero-order chi connectivity index (χ0) is 18.3. The van der Waals surface area contributed by atoms with E-state index in [0.29, 0.717) is 12.2 Å². The van der Waals surface area contributed by atoms with Crippen molar-refractivity contribution in [2.75, 3.05) is 17.2 Å². The molecule has 9 heteroatoms. The molecule has 0 radical (unpaired) electrons. The highest BCUT2D eigenvalue weighted by molar-refractivity contribution is 7.99. The summed E-state index contributed by atoms with van der Waals surface area (Å²) in [6, 6.07) is 9.92. The number of carbonyl (C=O) groups is 1. The summed E-state index contributed by atoms with van der Waals surface area (Å²) in [5.74, 6) is -0.0329. The van der Waals surface area contributed by atoms with Crippen LogP contribution in [0.1, 0.15) is 11.1 Å². The average molecular weight is 378 g/mol. The van der Waals surface area contributed by atoms with E-state index in [4.69, 9.17) is 0 Å². The van der Waals surface area contributed by atoms with Crippen LogP contribution in [0.3, 0.4) is 0 Å². The fourth-order valence-electron chi connectivity index (χ4n) is 2.94. The molecule has 0 spiro atoms. The molecule has 0 N–H and O–H groups in total. The lowest BCUT2D eigenvalue weighted by atomic mass is 10.2. The van der Waals surface area contributed by atoms with E-state index in [1.165, 1.54) is 10.5 Å². The molecule has 5 nitrogen and oxygen atoms in total. The fourth-order valence-corrected chi connectivity index (χ4v) is 3.73. The minimum atomic E-state index is -4.45. The van der Waals surface area contributed by atoms with Crippen LogP contribution in [0, 0.1) is 0 Å². The Morgan fingerprint density at radius 3 is 2.77 bits per heavy atom. The summed E-state index contributed by atoms with van der Waals surface area (Å²) in [6.45, 7) is 0.609. The average Bonchev–Trinajstić information content (AvgIpc) is 3.22. The number of rotatable bonds is 3. The van der Waals surface area contributed by atoms with E-state index in [2.05, 4.69) is 10.2 Å². The van der Waals surface area contributed by atoms with Crippen molar-refractivity contribution >= 4 is 29.0 Å². The SMILES string of the molecule is O=C(CSc1nnc2ccc(C(F)(F)F)cn12)N1CCc2ccccc21. The van der Waals surface area contributed by atoms with Crippen LogP contribution < -0.4 is 4.90 Å². The summed E-state index contributed by atoms with van der Waals surface area (Å²) in [7, 11) is 0. The Hall–Kier alpha value is -2.55. The van der Waals surface area contributed by atoms with Gasteiger partial charge in [-0.05, 0) is 30.2 Å². The summed E-state index contributed by atoms with van der Waals surface area (Å²) in [5.41, 5.74) is 1.53. The first kappa shape index (κ1) is 16.9. The lowest BCUT2D eigenvalue weighted by molar-refractivity contribution is -0.137. The first-order valence-electron chi connectivity index (χ1n) is 7.86. The number of pyridine rings is 1. The van der Waals surface area contributed by atoms with Gasteiger partial charge in [0.2, 0.25) is 5.91 Å². The Bertz CT molecular complexity index is 986. The zero-order valence-electron chi connectivity index (χ0n) is 13.4. The maximum Gasteiger partial charge on any atom is 0.417 e. The van der Waals surface area contributed by atoms with Gasteiger partial charge in [-0.25, -0.2) is 0 Å². The van der Waals surface area contributed by atoms with Crippen LogP contribution in [0.2, 0.25) is 0 Å². The van der Waals surface area contributed by atoms with Crippen molar-refractivity contribution in [1.29, 1.82) is 0 Å². The van der Waals surface area contributed by atoms with Crippen molar-refractivity contribution in [3.63, 3.8) is 0 Å². The highest BCUT2D eigenvalue weighted by Gasteiger charge is 2.31. The molecule has 0 unspecified atom stereocenters. The molecule has 1 aliphatic rings. The standard InChI is InChI=1S/C17H13F3N4OS/c18-17(19,20)12-5-6-14-21-22-16(24(14)9-12)26-10-15(25)23-8-7-11-3-1-2-4-13(11)23/h1-6,9H,7-8,10H2. The molecule has 0 atom stereocenters. The second-order valence-electron chi connectivity index (χ2n) is 5.84. The van der Waals surface area contributed by atoms with Gasteiger partial charge in [-0.3, -0.25) is 9.20 Å². The summed E-state index contributed by atoms with van der Waals surface area (Å²) >= 11 is 1.08. The maximum atomic E-state index is 12.9. The number of benzene rings is 1. The second-order valence-corrected chi connectivity index (χ2v) is 6.78. The lowest BCUT2D eigenvalue weighted by Crippen LogP contribution is -2.30. The number of aromatic nitrogens is 3. The van der Waals surface area contributed by atoms with Crippen molar-refractivity contribution in [3.8, 4) is 0 Å². The van der Waals surface area contributed by atoms with Crippen LogP contribution >= 0.6 is 11.8 Å². The van der Waals surface area contributed by atoms with Gasteiger partial charge in [-0.1, -0.05) is 30.0 Å². The smallest absolute Gasteiger partial charge is 0.311 e. The third-order valence-electron chi connectivity index (χ3n) is 4.21. The van der Waals surface area contributed by atoms with E-state index >= 15 is 0 Å². The van der Waals surface area contributed by atoms with E-state index in [-0.39, 0.29) is 16.8 Å². The maximum absolute atomic E-state index is 12.9. The fraction of sp³-hybridized carbons (Fsp3) is 0.235. The van der Waals surface area contributed by atoms with Gasteiger partial charge in [0, 0.05) is 18.4 Å². The molecule has 1 amide bonds. The highest BCUT2D eigenvalue weighted by Crippen LogP contribution is 2.31. The van der Waals surface area contributed by atoms with Crippen molar-refractivity contribution in [3.05, 3.63) is 53.7 Å². The van der Waals surface area contributed by atoms with E-state index in [0.717, 1.165) is 41.7 Å². The van der Waals surface area contributed by atoms with Crippen LogP contribution in [0.15, 0.2) is 47.8 Å². The molecule has 0 bridgehead atoms. The van der Waals surface area contributed by atoms with Gasteiger partial charge in [-0.15, -0.1) is 10.2 Å². The topological polar surface area (TPSA) is 50.5 Å². The van der Waals surface area contributed by atoms with Gasteiger partial charge < -0.3 is 4.90 Å². The monoisotopic (exact) mass is 378 g/mol. The Morgan fingerprint density at radius 1 is 1.15 bits per heavy atom. The van der Waals surface area contributed by atoms with Crippen LogP contribution in [-0.4, -0.2) is 32.8 Å². The van der Waals surface area contributed by atoms with Gasteiger partial charge >= 0.3 is 6.18 Å². The number of hydrogen-bond donors (Lipinski definition) is 0. The number of halogens is 3. The zero-order valence-corrected chi connectivity index (χ0v) is 14.2. The van der Waals surface area contributed by atoms with Gasteiger partial charge in [0.1, 0.15) is 0 Å². The molecule has 134 valence electrons. The molecule has 1 aromatic carbocycles. The Morgan fingerprint density at radius 2 is 1.96 bits per heavy atom. The van der Waals surface area contributed by atoms with Crippen LogP contribution in [0.25, 0.3) is 5.65 Å². The van der Waals surface area contributed by atoms with Gasteiger partial charge in [0.25, 0.3) is 0 Å². The first-order chi connectivity index (χ1) is 12.4.